The van der Waals surface area contributed by atoms with Gasteiger partial charge in [-0.25, -0.2) is 0 Å². The van der Waals surface area contributed by atoms with Gasteiger partial charge in [0, 0.05) is 23.8 Å². The number of amides is 1. The molecule has 1 aliphatic carbocycles. The van der Waals surface area contributed by atoms with Gasteiger partial charge in [-0.3, -0.25) is 4.79 Å². The Kier molecular flexibility index (Phi) is 5.45. The maximum atomic E-state index is 11.9. The second-order valence-electron chi connectivity index (χ2n) is 5.91. The van der Waals surface area contributed by atoms with Crippen molar-refractivity contribution >= 4 is 11.6 Å². The van der Waals surface area contributed by atoms with Crippen LogP contribution in [0.3, 0.4) is 0 Å². The number of rotatable bonds is 7. The second kappa shape index (κ2) is 7.32. The summed E-state index contributed by atoms with van der Waals surface area (Å²) in [6, 6.07) is 8.26. The lowest BCUT2D eigenvalue weighted by atomic mass is 9.81. The summed E-state index contributed by atoms with van der Waals surface area (Å²) in [4.78, 5) is 11.9. The first-order chi connectivity index (χ1) is 9.69. The van der Waals surface area contributed by atoms with Crippen LogP contribution in [0.25, 0.3) is 0 Å². The molecule has 1 amide bonds. The van der Waals surface area contributed by atoms with Crippen LogP contribution in [-0.4, -0.2) is 18.5 Å². The minimum Gasteiger partial charge on any atom is -0.383 e. The largest absolute Gasteiger partial charge is 0.383 e. The Labute approximate surface area is 122 Å². The van der Waals surface area contributed by atoms with Crippen LogP contribution in [0.4, 0.5) is 5.69 Å². The predicted octanol–water partition coefficient (Wildman–Crippen LogP) is 3.82. The summed E-state index contributed by atoms with van der Waals surface area (Å²) in [5.74, 6) is 0.913. The van der Waals surface area contributed by atoms with E-state index in [9.17, 15) is 4.79 Å². The number of anilines is 1. The minimum absolute atomic E-state index is 0.0159. The van der Waals surface area contributed by atoms with Crippen molar-refractivity contribution in [1.29, 1.82) is 0 Å². The molecule has 0 aromatic heterocycles. The maximum Gasteiger partial charge on any atom is 0.251 e. The molecule has 0 spiro atoms. The van der Waals surface area contributed by atoms with Gasteiger partial charge in [0.1, 0.15) is 0 Å². The van der Waals surface area contributed by atoms with Crippen LogP contribution >= 0.6 is 0 Å². The van der Waals surface area contributed by atoms with E-state index in [1.54, 1.807) is 0 Å². The Morgan fingerprint density at radius 2 is 2.20 bits per heavy atom. The van der Waals surface area contributed by atoms with E-state index in [1.807, 2.05) is 24.3 Å². The summed E-state index contributed by atoms with van der Waals surface area (Å²) in [5.41, 5.74) is 1.78. The van der Waals surface area contributed by atoms with Crippen LogP contribution < -0.4 is 10.6 Å². The third-order valence-electron chi connectivity index (χ3n) is 3.99. The molecule has 1 atom stereocenters. The molecule has 1 saturated carbocycles. The van der Waals surface area contributed by atoms with E-state index >= 15 is 0 Å². The summed E-state index contributed by atoms with van der Waals surface area (Å²) in [6.45, 7) is 5.01. The second-order valence-corrected chi connectivity index (χ2v) is 5.91. The van der Waals surface area contributed by atoms with Crippen molar-refractivity contribution < 1.29 is 4.79 Å². The number of carbonyl (C=O) groups is 1. The molecule has 110 valence electrons. The summed E-state index contributed by atoms with van der Waals surface area (Å²) >= 11 is 0. The van der Waals surface area contributed by atoms with Gasteiger partial charge in [0.25, 0.3) is 5.91 Å². The fourth-order valence-corrected chi connectivity index (χ4v) is 2.66. The van der Waals surface area contributed by atoms with Crippen molar-refractivity contribution in [3.63, 3.8) is 0 Å². The molecular weight excluding hydrogens is 248 g/mol. The lowest BCUT2D eigenvalue weighted by Crippen LogP contribution is -2.25. The Hall–Kier alpha value is -1.51. The van der Waals surface area contributed by atoms with Crippen molar-refractivity contribution in [3.8, 4) is 0 Å². The molecule has 1 aromatic carbocycles. The van der Waals surface area contributed by atoms with Gasteiger partial charge in [0.15, 0.2) is 0 Å². The molecule has 3 heteroatoms. The first-order valence-electron chi connectivity index (χ1n) is 7.84. The molecule has 0 aliphatic heterocycles. The van der Waals surface area contributed by atoms with E-state index < -0.39 is 0 Å². The molecular formula is C17H26N2O. The van der Waals surface area contributed by atoms with E-state index in [1.165, 1.54) is 25.7 Å². The van der Waals surface area contributed by atoms with Crippen LogP contribution in [0.1, 0.15) is 56.3 Å². The number of carbonyl (C=O) groups excluding carboxylic acids is 1. The number of hydrogen-bond acceptors (Lipinski definition) is 2. The lowest BCUT2D eigenvalue weighted by Gasteiger charge is -2.29. The van der Waals surface area contributed by atoms with Crippen molar-refractivity contribution in [1.82, 2.24) is 5.32 Å². The number of benzene rings is 1. The molecule has 3 nitrogen and oxygen atoms in total. The Bertz CT molecular complexity index is 440. The normalized spacial score (nSPS) is 16.3. The van der Waals surface area contributed by atoms with E-state index in [2.05, 4.69) is 24.5 Å². The quantitative estimate of drug-likeness (QED) is 0.793. The van der Waals surface area contributed by atoms with Crippen LogP contribution in [0, 0.1) is 5.92 Å². The average molecular weight is 274 g/mol. The molecule has 1 fully saturated rings. The lowest BCUT2D eigenvalue weighted by molar-refractivity contribution is 0.0953. The molecule has 2 N–H and O–H groups in total. The zero-order chi connectivity index (χ0) is 14.4. The van der Waals surface area contributed by atoms with Gasteiger partial charge in [0.05, 0.1) is 0 Å². The van der Waals surface area contributed by atoms with E-state index in [0.717, 1.165) is 30.1 Å². The van der Waals surface area contributed by atoms with Gasteiger partial charge in [0.2, 0.25) is 0 Å². The van der Waals surface area contributed by atoms with Crippen molar-refractivity contribution in [2.45, 2.75) is 52.0 Å². The van der Waals surface area contributed by atoms with Gasteiger partial charge in [-0.1, -0.05) is 32.3 Å². The summed E-state index contributed by atoms with van der Waals surface area (Å²) in [7, 11) is 0. The predicted molar refractivity (Wildman–Crippen MR) is 84.1 cm³/mol. The molecule has 1 aliphatic rings. The van der Waals surface area contributed by atoms with E-state index in [4.69, 9.17) is 0 Å². The first-order valence-corrected chi connectivity index (χ1v) is 7.84. The molecule has 0 radical (unpaired) electrons. The molecule has 0 saturated heterocycles. The highest BCUT2D eigenvalue weighted by molar-refractivity contribution is 5.95. The van der Waals surface area contributed by atoms with Crippen molar-refractivity contribution in [2.75, 3.05) is 11.9 Å². The molecule has 2 rings (SSSR count). The fraction of sp³-hybridized carbons (Fsp3) is 0.588. The number of hydrogen-bond donors (Lipinski definition) is 2. The minimum atomic E-state index is 0.0159. The highest BCUT2D eigenvalue weighted by Crippen LogP contribution is 2.31. The molecule has 0 heterocycles. The fourth-order valence-electron chi connectivity index (χ4n) is 2.66. The number of nitrogens with one attached hydrogen (secondary N) is 2. The molecule has 1 aromatic rings. The van der Waals surface area contributed by atoms with E-state index in [0.29, 0.717) is 6.04 Å². The van der Waals surface area contributed by atoms with Crippen LogP contribution in [0.2, 0.25) is 0 Å². The standard InChI is InChI=1S/C17H26N2O/c1-3-10-18-17(20)15-8-5-9-16(12-15)19-13(2)11-14-6-4-7-14/h5,8-9,12-14,19H,3-4,6-7,10-11H2,1-2H3,(H,18,20). The summed E-state index contributed by atoms with van der Waals surface area (Å²) in [5, 5.41) is 6.43. The smallest absolute Gasteiger partial charge is 0.251 e. The molecule has 1 unspecified atom stereocenters. The maximum absolute atomic E-state index is 11.9. The Morgan fingerprint density at radius 3 is 2.85 bits per heavy atom. The van der Waals surface area contributed by atoms with Gasteiger partial charge >= 0.3 is 0 Å². The van der Waals surface area contributed by atoms with Crippen molar-refractivity contribution in [2.24, 2.45) is 5.92 Å². The molecule has 0 bridgehead atoms. The van der Waals surface area contributed by atoms with Gasteiger partial charge in [-0.15, -0.1) is 0 Å². The van der Waals surface area contributed by atoms with Gasteiger partial charge < -0.3 is 10.6 Å². The third-order valence-corrected chi connectivity index (χ3v) is 3.99. The van der Waals surface area contributed by atoms with Crippen molar-refractivity contribution in [3.05, 3.63) is 29.8 Å². The molecule has 20 heavy (non-hydrogen) atoms. The highest BCUT2D eigenvalue weighted by atomic mass is 16.1. The van der Waals surface area contributed by atoms with E-state index in [-0.39, 0.29) is 5.91 Å². The highest BCUT2D eigenvalue weighted by Gasteiger charge is 2.19. The third kappa shape index (κ3) is 4.26. The van der Waals surface area contributed by atoms with Crippen LogP contribution in [-0.2, 0) is 0 Å². The zero-order valence-electron chi connectivity index (χ0n) is 12.6. The van der Waals surface area contributed by atoms with Gasteiger partial charge in [-0.05, 0) is 43.9 Å². The SMILES string of the molecule is CCCNC(=O)c1cccc(NC(C)CC2CCC2)c1. The summed E-state index contributed by atoms with van der Waals surface area (Å²) in [6.07, 6.45) is 6.34. The first kappa shape index (κ1) is 14.9. The Morgan fingerprint density at radius 1 is 1.40 bits per heavy atom. The Balaban J connectivity index is 1.89. The zero-order valence-corrected chi connectivity index (χ0v) is 12.6. The van der Waals surface area contributed by atoms with Crippen LogP contribution in [0.5, 0.6) is 0 Å². The summed E-state index contributed by atoms with van der Waals surface area (Å²) < 4.78 is 0. The van der Waals surface area contributed by atoms with Gasteiger partial charge in [-0.2, -0.15) is 0 Å². The average Bonchev–Trinajstić information content (AvgIpc) is 2.40. The topological polar surface area (TPSA) is 41.1 Å². The van der Waals surface area contributed by atoms with Crippen LogP contribution in [0.15, 0.2) is 24.3 Å². The monoisotopic (exact) mass is 274 g/mol.